The first-order valence-corrected chi connectivity index (χ1v) is 10.1. The highest BCUT2D eigenvalue weighted by Gasteiger charge is 2.80. The zero-order valence-electron chi connectivity index (χ0n) is 16.0. The molecule has 5 atom stereocenters. The van der Waals surface area contributed by atoms with Gasteiger partial charge in [-0.25, -0.2) is 0 Å². The molecular formula is C22H24NO5+. The largest absolute Gasteiger partial charge is 0.477 e. The lowest BCUT2D eigenvalue weighted by atomic mass is 9.49. The van der Waals surface area contributed by atoms with Gasteiger partial charge in [0.1, 0.15) is 11.6 Å². The number of ether oxygens (including phenoxy) is 3. The summed E-state index contributed by atoms with van der Waals surface area (Å²) in [4.78, 5) is 24.6. The van der Waals surface area contributed by atoms with Crippen molar-refractivity contribution in [2.75, 3.05) is 19.8 Å². The van der Waals surface area contributed by atoms with Gasteiger partial charge in [-0.15, -0.1) is 0 Å². The van der Waals surface area contributed by atoms with E-state index in [1.54, 1.807) is 0 Å². The molecule has 0 aromatic heterocycles. The normalized spacial score (nSPS) is 41.2. The second-order valence-corrected chi connectivity index (χ2v) is 9.00. The predicted octanol–water partition coefficient (Wildman–Crippen LogP) is 2.03. The average Bonchev–Trinajstić information content (AvgIpc) is 3.11. The Labute approximate surface area is 163 Å². The number of ketones is 1. The molecule has 4 bridgehead atoms. The number of benzene rings is 1. The average molecular weight is 382 g/mol. The van der Waals surface area contributed by atoms with E-state index in [0.717, 1.165) is 42.4 Å². The Morgan fingerprint density at radius 1 is 1.43 bits per heavy atom. The predicted molar refractivity (Wildman–Crippen MR) is 99.1 cm³/mol. The van der Waals surface area contributed by atoms with E-state index in [-0.39, 0.29) is 17.4 Å². The van der Waals surface area contributed by atoms with Crippen LogP contribution in [0.1, 0.15) is 37.3 Å². The van der Waals surface area contributed by atoms with Gasteiger partial charge < -0.3 is 14.2 Å². The van der Waals surface area contributed by atoms with Crippen LogP contribution in [0, 0.1) is 0 Å². The lowest BCUT2D eigenvalue weighted by molar-refractivity contribution is -0.947. The molecule has 1 saturated carbocycles. The number of quaternary nitrogens is 1. The molecule has 6 heteroatoms. The Hall–Kier alpha value is -2.18. The maximum absolute atomic E-state index is 13.0. The van der Waals surface area contributed by atoms with Gasteiger partial charge in [0.05, 0.1) is 18.5 Å². The maximum Gasteiger partial charge on any atom is 0.308 e. The smallest absolute Gasteiger partial charge is 0.308 e. The summed E-state index contributed by atoms with van der Waals surface area (Å²) in [5.41, 5.74) is 1.42. The number of rotatable bonds is 3. The molecule has 0 N–H and O–H groups in total. The summed E-state index contributed by atoms with van der Waals surface area (Å²) in [6.07, 6.45) is 4.41. The summed E-state index contributed by atoms with van der Waals surface area (Å²) in [6, 6.07) is 4.17. The molecule has 1 aromatic rings. The SMILES string of the molecule is C=CC[N+]12CC[C@]34c5c6ccc(OC(C)=O)c5O[C@H]3C(=O)CC[C@@]4(OC1)[C@H]2C6. The Bertz CT molecular complexity index is 956. The van der Waals surface area contributed by atoms with Crippen LogP contribution in [0.3, 0.4) is 0 Å². The van der Waals surface area contributed by atoms with Crippen LogP contribution in [-0.4, -0.2) is 53.8 Å². The molecule has 6 nitrogen and oxygen atoms in total. The molecule has 1 unspecified atom stereocenters. The van der Waals surface area contributed by atoms with Gasteiger partial charge in [-0.05, 0) is 24.1 Å². The van der Waals surface area contributed by atoms with E-state index in [1.807, 2.05) is 12.1 Å². The van der Waals surface area contributed by atoms with Crippen molar-refractivity contribution in [1.29, 1.82) is 0 Å². The van der Waals surface area contributed by atoms with E-state index >= 15 is 0 Å². The number of carbonyl (C=O) groups excluding carboxylic acids is 2. The van der Waals surface area contributed by atoms with E-state index in [4.69, 9.17) is 14.2 Å². The molecular weight excluding hydrogens is 358 g/mol. The van der Waals surface area contributed by atoms with E-state index in [2.05, 4.69) is 12.6 Å². The number of carbonyl (C=O) groups is 2. The van der Waals surface area contributed by atoms with Gasteiger partial charge in [-0.1, -0.05) is 12.6 Å². The van der Waals surface area contributed by atoms with Crippen molar-refractivity contribution in [2.45, 2.75) is 55.8 Å². The zero-order valence-corrected chi connectivity index (χ0v) is 16.0. The van der Waals surface area contributed by atoms with Crippen molar-refractivity contribution >= 4 is 11.8 Å². The summed E-state index contributed by atoms with van der Waals surface area (Å²) in [6.45, 7) is 7.88. The molecule has 2 saturated heterocycles. The van der Waals surface area contributed by atoms with Crippen LogP contribution in [0.5, 0.6) is 11.5 Å². The number of nitrogens with zero attached hydrogens (tertiary/aromatic N) is 1. The first kappa shape index (κ1) is 16.7. The molecule has 28 heavy (non-hydrogen) atoms. The third kappa shape index (κ3) is 1.61. The standard InChI is InChI=1S/C22H24NO5/c1-3-9-23-10-8-21-18-14-4-5-16(27-13(2)24)19(18)28-20(21)15(25)6-7-22(21,26-12-23)17(23)11-14/h3-5,17,20H,1,6-12H2,2H3/q+1/t17-,20+,21+,22-,23?/m1/s1. The molecule has 5 aliphatic rings. The minimum Gasteiger partial charge on any atom is -0.477 e. The van der Waals surface area contributed by atoms with Crippen LogP contribution in [0.15, 0.2) is 24.8 Å². The maximum atomic E-state index is 13.0. The van der Waals surface area contributed by atoms with Crippen molar-refractivity contribution in [3.63, 3.8) is 0 Å². The van der Waals surface area contributed by atoms with Crippen molar-refractivity contribution in [3.05, 3.63) is 35.9 Å². The summed E-state index contributed by atoms with van der Waals surface area (Å²) in [5, 5.41) is 0. The molecule has 146 valence electrons. The number of hydrogen-bond acceptors (Lipinski definition) is 5. The number of esters is 1. The van der Waals surface area contributed by atoms with Gasteiger partial charge >= 0.3 is 5.97 Å². The van der Waals surface area contributed by atoms with E-state index in [1.165, 1.54) is 12.5 Å². The first-order valence-electron chi connectivity index (χ1n) is 10.1. The highest BCUT2D eigenvalue weighted by atomic mass is 16.6. The lowest BCUT2D eigenvalue weighted by Gasteiger charge is -2.60. The lowest BCUT2D eigenvalue weighted by Crippen LogP contribution is -2.77. The quantitative estimate of drug-likeness (QED) is 0.347. The summed E-state index contributed by atoms with van der Waals surface area (Å²) >= 11 is 0. The fourth-order valence-electron chi connectivity index (χ4n) is 7.12. The van der Waals surface area contributed by atoms with E-state index < -0.39 is 11.5 Å². The molecule has 1 aromatic carbocycles. The minimum absolute atomic E-state index is 0.140. The van der Waals surface area contributed by atoms with Crippen molar-refractivity contribution in [1.82, 2.24) is 0 Å². The monoisotopic (exact) mass is 382 g/mol. The summed E-state index contributed by atoms with van der Waals surface area (Å²) < 4.78 is 19.4. The fourth-order valence-corrected chi connectivity index (χ4v) is 7.12. The number of Topliss-reactive ketones (excluding diaryl/α,β-unsaturated/α-hetero) is 1. The van der Waals surface area contributed by atoms with Gasteiger partial charge in [0, 0.05) is 31.7 Å². The van der Waals surface area contributed by atoms with Gasteiger partial charge in [0.15, 0.2) is 30.1 Å². The van der Waals surface area contributed by atoms with Crippen molar-refractivity contribution in [3.8, 4) is 11.5 Å². The molecule has 3 heterocycles. The third-order valence-electron chi connectivity index (χ3n) is 8.02. The van der Waals surface area contributed by atoms with Crippen molar-refractivity contribution < 1.29 is 28.3 Å². The highest BCUT2D eigenvalue weighted by Crippen LogP contribution is 2.69. The molecule has 2 spiro atoms. The summed E-state index contributed by atoms with van der Waals surface area (Å²) in [5.74, 6) is 0.766. The van der Waals surface area contributed by atoms with Crippen LogP contribution in [0.25, 0.3) is 0 Å². The Kier molecular flexibility index (Phi) is 3.02. The Morgan fingerprint density at radius 2 is 2.29 bits per heavy atom. The van der Waals surface area contributed by atoms with E-state index in [9.17, 15) is 9.59 Å². The van der Waals surface area contributed by atoms with Crippen molar-refractivity contribution in [2.24, 2.45) is 0 Å². The summed E-state index contributed by atoms with van der Waals surface area (Å²) in [7, 11) is 0. The van der Waals surface area contributed by atoms with Crippen LogP contribution in [0.2, 0.25) is 0 Å². The fraction of sp³-hybridized carbons (Fsp3) is 0.545. The van der Waals surface area contributed by atoms with E-state index in [0.29, 0.717) is 30.7 Å². The second-order valence-electron chi connectivity index (χ2n) is 9.00. The number of piperidine rings is 1. The molecule has 6 rings (SSSR count). The molecule has 3 fully saturated rings. The van der Waals surface area contributed by atoms with Crippen LogP contribution in [-0.2, 0) is 26.2 Å². The molecule has 3 aliphatic heterocycles. The highest BCUT2D eigenvalue weighted by molar-refractivity contribution is 5.90. The van der Waals surface area contributed by atoms with Crippen LogP contribution >= 0.6 is 0 Å². The Morgan fingerprint density at radius 3 is 3.07 bits per heavy atom. The first-order chi connectivity index (χ1) is 13.5. The Balaban J connectivity index is 1.63. The molecule has 0 radical (unpaired) electrons. The molecule has 0 amide bonds. The van der Waals surface area contributed by atoms with Crippen LogP contribution < -0.4 is 9.47 Å². The van der Waals surface area contributed by atoms with Crippen LogP contribution in [0.4, 0.5) is 0 Å². The minimum atomic E-state index is -0.543. The topological polar surface area (TPSA) is 61.8 Å². The van der Waals surface area contributed by atoms with Gasteiger partial charge in [-0.2, -0.15) is 0 Å². The molecule has 2 aliphatic carbocycles. The zero-order chi connectivity index (χ0) is 19.3. The number of hydrogen-bond donors (Lipinski definition) is 0. The third-order valence-corrected chi connectivity index (χ3v) is 8.02. The van der Waals surface area contributed by atoms with Gasteiger partial charge in [-0.3, -0.25) is 14.1 Å². The second kappa shape index (κ2) is 5.05. The van der Waals surface area contributed by atoms with Gasteiger partial charge in [0.2, 0.25) is 0 Å². The van der Waals surface area contributed by atoms with Gasteiger partial charge in [0.25, 0.3) is 0 Å².